The van der Waals surface area contributed by atoms with E-state index in [0.717, 1.165) is 26.2 Å². The van der Waals surface area contributed by atoms with Gasteiger partial charge in [0.05, 0.1) is 6.10 Å². The first kappa shape index (κ1) is 15.0. The van der Waals surface area contributed by atoms with E-state index >= 15 is 0 Å². The Labute approximate surface area is 127 Å². The molecule has 4 heteroatoms. The molecule has 1 saturated heterocycles. The topological polar surface area (TPSA) is 41.7 Å². The van der Waals surface area contributed by atoms with Crippen LogP contribution in [0.25, 0.3) is 0 Å². The van der Waals surface area contributed by atoms with Gasteiger partial charge in [-0.1, -0.05) is 18.2 Å². The zero-order valence-corrected chi connectivity index (χ0v) is 13.2. The van der Waals surface area contributed by atoms with Crippen molar-refractivity contribution in [3.8, 4) is 0 Å². The van der Waals surface area contributed by atoms with Crippen LogP contribution in [0.15, 0.2) is 18.2 Å². The van der Waals surface area contributed by atoms with E-state index in [2.05, 4.69) is 42.1 Å². The number of nitrogens with two attached hydrogens (primary N) is 1. The molecule has 1 aromatic carbocycles. The maximum Gasteiger partial charge on any atom is 0.0703 e. The molecule has 2 aliphatic rings. The van der Waals surface area contributed by atoms with Crippen molar-refractivity contribution in [1.29, 1.82) is 0 Å². The summed E-state index contributed by atoms with van der Waals surface area (Å²) in [5.74, 6) is 0. The molecule has 0 saturated carbocycles. The van der Waals surface area contributed by atoms with Crippen molar-refractivity contribution in [3.63, 3.8) is 0 Å². The van der Waals surface area contributed by atoms with Crippen LogP contribution in [0.2, 0.25) is 0 Å². The SMILES string of the molecule is CN(C)Cc1ccc2c(c1)C(CN)N(CC1CCCO1)C2. The first-order chi connectivity index (χ1) is 10.2. The Bertz CT molecular complexity index is 483. The summed E-state index contributed by atoms with van der Waals surface area (Å²) < 4.78 is 5.79. The highest BCUT2D eigenvalue weighted by Crippen LogP contribution is 2.34. The Hall–Kier alpha value is -0.940. The fourth-order valence-electron chi connectivity index (χ4n) is 3.61. The highest BCUT2D eigenvalue weighted by atomic mass is 16.5. The molecular weight excluding hydrogens is 262 g/mol. The molecule has 0 aromatic heterocycles. The Morgan fingerprint density at radius 1 is 1.38 bits per heavy atom. The largest absolute Gasteiger partial charge is 0.377 e. The molecule has 0 spiro atoms. The Morgan fingerprint density at radius 3 is 2.90 bits per heavy atom. The summed E-state index contributed by atoms with van der Waals surface area (Å²) >= 11 is 0. The summed E-state index contributed by atoms with van der Waals surface area (Å²) in [6, 6.07) is 7.24. The molecule has 0 bridgehead atoms. The second kappa shape index (κ2) is 6.44. The maximum absolute atomic E-state index is 6.07. The lowest BCUT2D eigenvalue weighted by atomic mass is 10.0. The van der Waals surface area contributed by atoms with E-state index in [9.17, 15) is 0 Å². The van der Waals surface area contributed by atoms with Gasteiger partial charge in [-0.3, -0.25) is 4.90 Å². The average molecular weight is 289 g/mol. The van der Waals surface area contributed by atoms with Crippen molar-refractivity contribution in [2.75, 3.05) is 33.8 Å². The lowest BCUT2D eigenvalue weighted by Gasteiger charge is -2.26. The van der Waals surface area contributed by atoms with Gasteiger partial charge in [0.15, 0.2) is 0 Å². The van der Waals surface area contributed by atoms with Gasteiger partial charge in [0.2, 0.25) is 0 Å². The molecule has 0 aliphatic carbocycles. The minimum absolute atomic E-state index is 0.353. The monoisotopic (exact) mass is 289 g/mol. The van der Waals surface area contributed by atoms with Crippen LogP contribution in [0.1, 0.15) is 35.6 Å². The van der Waals surface area contributed by atoms with Gasteiger partial charge in [-0.25, -0.2) is 0 Å². The third-order valence-corrected chi connectivity index (χ3v) is 4.57. The lowest BCUT2D eigenvalue weighted by Crippen LogP contribution is -2.34. The van der Waals surface area contributed by atoms with Crippen molar-refractivity contribution >= 4 is 0 Å². The number of fused-ring (bicyclic) bond motifs is 1. The fraction of sp³-hybridized carbons (Fsp3) is 0.647. The number of ether oxygens (including phenoxy) is 1. The van der Waals surface area contributed by atoms with Crippen LogP contribution in [0, 0.1) is 0 Å². The molecule has 2 heterocycles. The fourth-order valence-corrected chi connectivity index (χ4v) is 3.61. The van der Waals surface area contributed by atoms with Gasteiger partial charge in [0.1, 0.15) is 0 Å². The van der Waals surface area contributed by atoms with E-state index in [1.807, 2.05) is 0 Å². The van der Waals surface area contributed by atoms with Crippen LogP contribution in [-0.2, 0) is 17.8 Å². The van der Waals surface area contributed by atoms with Gasteiger partial charge < -0.3 is 15.4 Å². The van der Waals surface area contributed by atoms with Crippen molar-refractivity contribution in [2.24, 2.45) is 5.73 Å². The van der Waals surface area contributed by atoms with E-state index in [1.165, 1.54) is 29.5 Å². The van der Waals surface area contributed by atoms with Gasteiger partial charge in [-0.15, -0.1) is 0 Å². The first-order valence-electron chi connectivity index (χ1n) is 7.99. The highest BCUT2D eigenvalue weighted by molar-refractivity contribution is 5.38. The minimum atomic E-state index is 0.353. The zero-order valence-electron chi connectivity index (χ0n) is 13.2. The Morgan fingerprint density at radius 2 is 2.24 bits per heavy atom. The van der Waals surface area contributed by atoms with Crippen LogP contribution in [0.5, 0.6) is 0 Å². The second-order valence-electron chi connectivity index (χ2n) is 6.59. The van der Waals surface area contributed by atoms with Gasteiger partial charge in [0.25, 0.3) is 0 Å². The third kappa shape index (κ3) is 3.29. The van der Waals surface area contributed by atoms with Crippen molar-refractivity contribution in [2.45, 2.75) is 38.1 Å². The molecule has 3 rings (SSSR count). The Balaban J connectivity index is 1.75. The van der Waals surface area contributed by atoms with Crippen molar-refractivity contribution < 1.29 is 4.74 Å². The highest BCUT2D eigenvalue weighted by Gasteiger charge is 2.31. The normalized spacial score (nSPS) is 25.7. The van der Waals surface area contributed by atoms with Gasteiger partial charge in [-0.05, 0) is 43.6 Å². The van der Waals surface area contributed by atoms with Crippen LogP contribution in [0.4, 0.5) is 0 Å². The number of nitrogens with zero attached hydrogens (tertiary/aromatic N) is 2. The summed E-state index contributed by atoms with van der Waals surface area (Å²) in [7, 11) is 4.22. The second-order valence-corrected chi connectivity index (χ2v) is 6.59. The predicted molar refractivity (Wildman–Crippen MR) is 85.0 cm³/mol. The molecule has 0 radical (unpaired) electrons. The number of benzene rings is 1. The summed E-state index contributed by atoms with van der Waals surface area (Å²) in [4.78, 5) is 4.71. The van der Waals surface area contributed by atoms with Crippen LogP contribution < -0.4 is 5.73 Å². The van der Waals surface area contributed by atoms with Crippen LogP contribution >= 0.6 is 0 Å². The van der Waals surface area contributed by atoms with Gasteiger partial charge in [0, 0.05) is 38.8 Å². The zero-order chi connectivity index (χ0) is 14.8. The molecule has 21 heavy (non-hydrogen) atoms. The molecule has 0 amide bonds. The van der Waals surface area contributed by atoms with Crippen LogP contribution in [-0.4, -0.2) is 49.7 Å². The number of hydrogen-bond acceptors (Lipinski definition) is 4. The molecule has 2 atom stereocenters. The van der Waals surface area contributed by atoms with E-state index in [0.29, 0.717) is 18.7 Å². The van der Waals surface area contributed by atoms with Crippen molar-refractivity contribution in [1.82, 2.24) is 9.80 Å². The van der Waals surface area contributed by atoms with Crippen LogP contribution in [0.3, 0.4) is 0 Å². The first-order valence-corrected chi connectivity index (χ1v) is 7.99. The van der Waals surface area contributed by atoms with E-state index < -0.39 is 0 Å². The standard InChI is InChI=1S/C17H27N3O/c1-19(2)10-13-5-6-14-11-20(12-15-4-3-7-21-15)17(9-18)16(14)8-13/h5-6,8,15,17H,3-4,7,9-12,18H2,1-2H3. The smallest absolute Gasteiger partial charge is 0.0703 e. The molecule has 2 unspecified atom stereocenters. The molecular formula is C17H27N3O. The van der Waals surface area contributed by atoms with Gasteiger partial charge >= 0.3 is 0 Å². The summed E-state index contributed by atoms with van der Waals surface area (Å²) in [5, 5.41) is 0. The van der Waals surface area contributed by atoms with E-state index in [4.69, 9.17) is 10.5 Å². The summed E-state index contributed by atoms with van der Waals surface area (Å²) in [5.41, 5.74) is 10.3. The molecule has 2 N–H and O–H groups in total. The lowest BCUT2D eigenvalue weighted by molar-refractivity contribution is 0.0609. The molecule has 116 valence electrons. The maximum atomic E-state index is 6.07. The number of hydrogen-bond donors (Lipinski definition) is 1. The molecule has 2 aliphatic heterocycles. The number of rotatable bonds is 5. The Kier molecular flexibility index (Phi) is 4.60. The predicted octanol–water partition coefficient (Wildman–Crippen LogP) is 1.74. The summed E-state index contributed by atoms with van der Waals surface area (Å²) in [6.45, 7) is 4.62. The molecule has 1 aromatic rings. The van der Waals surface area contributed by atoms with E-state index in [-0.39, 0.29) is 0 Å². The average Bonchev–Trinajstić information content (AvgIpc) is 3.05. The van der Waals surface area contributed by atoms with Gasteiger partial charge in [-0.2, -0.15) is 0 Å². The molecule has 4 nitrogen and oxygen atoms in total. The minimum Gasteiger partial charge on any atom is -0.377 e. The van der Waals surface area contributed by atoms with Crippen molar-refractivity contribution in [3.05, 3.63) is 34.9 Å². The molecule has 1 fully saturated rings. The summed E-state index contributed by atoms with van der Waals surface area (Å²) in [6.07, 6.45) is 2.79. The third-order valence-electron chi connectivity index (χ3n) is 4.57. The van der Waals surface area contributed by atoms with E-state index in [1.54, 1.807) is 0 Å². The quantitative estimate of drug-likeness (QED) is 0.896.